The number of amides is 5. The minimum atomic E-state index is -1.33. The van der Waals surface area contributed by atoms with Gasteiger partial charge in [-0.25, -0.2) is 4.79 Å². The van der Waals surface area contributed by atoms with Gasteiger partial charge in [0.15, 0.2) is 0 Å². The lowest BCUT2D eigenvalue weighted by molar-refractivity contribution is -0.142. The molecule has 0 rings (SSSR count). The highest BCUT2D eigenvalue weighted by Gasteiger charge is 2.30. The van der Waals surface area contributed by atoms with Crippen LogP contribution in [-0.2, 0) is 28.8 Å². The summed E-state index contributed by atoms with van der Waals surface area (Å²) in [5.74, 6) is -4.42. The highest BCUT2D eigenvalue weighted by molar-refractivity contribution is 7.98. The Labute approximate surface area is 214 Å². The minimum Gasteiger partial charge on any atom is -0.480 e. The Bertz CT molecular complexity index is 769. The van der Waals surface area contributed by atoms with Gasteiger partial charge in [-0.2, -0.15) is 11.8 Å². The lowest BCUT2D eigenvalue weighted by Gasteiger charge is -2.25. The van der Waals surface area contributed by atoms with Gasteiger partial charge in [-0.1, -0.05) is 0 Å². The molecule has 0 aliphatic carbocycles. The quantitative estimate of drug-likeness (QED) is 0.0748. The Kier molecular flexibility index (Phi) is 16.9. The third-order valence-corrected chi connectivity index (χ3v) is 5.80. The summed E-state index contributed by atoms with van der Waals surface area (Å²) in [7, 11) is 0. The van der Waals surface area contributed by atoms with Crippen molar-refractivity contribution >= 4 is 47.3 Å². The number of carboxylic acids is 1. The Balaban J connectivity index is 5.55. The molecule has 0 saturated heterocycles. The first-order valence-electron chi connectivity index (χ1n) is 11.6. The first-order chi connectivity index (χ1) is 16.9. The number of carboxylic acid groups (broad SMARTS) is 1. The standard InChI is InChI=1S/C21H39N7O7S/c1-36-11-9-12(23)18(31)26-13(5-7-16(24)29)19(32)27-14(6-8-17(25)30)20(33)28-15(21(34)35)4-2-3-10-22/h12-15H,2-11,22-23H2,1H3,(H2,24,29)(H2,25,30)(H,26,31)(H,27,32)(H,28,33)(H,34,35). The topological polar surface area (TPSA) is 263 Å². The van der Waals surface area contributed by atoms with Crippen LogP contribution in [0.3, 0.4) is 0 Å². The van der Waals surface area contributed by atoms with Crippen LogP contribution >= 0.6 is 11.8 Å². The molecular formula is C21H39N7O7S. The van der Waals surface area contributed by atoms with Gasteiger partial charge >= 0.3 is 5.97 Å². The maximum Gasteiger partial charge on any atom is 0.326 e. The molecule has 15 heteroatoms. The number of carbonyl (C=O) groups is 6. The van der Waals surface area contributed by atoms with Crippen LogP contribution in [-0.4, -0.2) is 83.3 Å². The lowest BCUT2D eigenvalue weighted by Crippen LogP contribution is -2.57. The second-order valence-electron chi connectivity index (χ2n) is 8.20. The van der Waals surface area contributed by atoms with Gasteiger partial charge in [0.1, 0.15) is 18.1 Å². The third kappa shape index (κ3) is 14.5. The maximum atomic E-state index is 13.0. The van der Waals surface area contributed by atoms with Gasteiger partial charge in [-0.3, -0.25) is 24.0 Å². The molecule has 12 N–H and O–H groups in total. The predicted molar refractivity (Wildman–Crippen MR) is 134 cm³/mol. The second-order valence-corrected chi connectivity index (χ2v) is 9.19. The molecule has 0 aliphatic rings. The van der Waals surface area contributed by atoms with Crippen LogP contribution in [0.15, 0.2) is 0 Å². The van der Waals surface area contributed by atoms with Crippen molar-refractivity contribution in [3.05, 3.63) is 0 Å². The van der Waals surface area contributed by atoms with E-state index in [-0.39, 0.29) is 32.1 Å². The molecule has 0 saturated carbocycles. The van der Waals surface area contributed by atoms with Crippen LogP contribution in [0, 0.1) is 0 Å². The van der Waals surface area contributed by atoms with Crippen molar-refractivity contribution in [2.24, 2.45) is 22.9 Å². The molecule has 14 nitrogen and oxygen atoms in total. The van der Waals surface area contributed by atoms with E-state index in [1.54, 1.807) is 0 Å². The van der Waals surface area contributed by atoms with Gasteiger partial charge in [0.05, 0.1) is 6.04 Å². The van der Waals surface area contributed by atoms with E-state index < -0.39 is 59.7 Å². The number of carbonyl (C=O) groups excluding carboxylic acids is 5. The van der Waals surface area contributed by atoms with Crippen molar-refractivity contribution in [3.63, 3.8) is 0 Å². The zero-order valence-corrected chi connectivity index (χ0v) is 21.3. The normalized spacial score (nSPS) is 14.1. The number of thioether (sulfide) groups is 1. The van der Waals surface area contributed by atoms with Crippen LogP contribution in [0.2, 0.25) is 0 Å². The van der Waals surface area contributed by atoms with Crippen LogP contribution in [0.4, 0.5) is 0 Å². The molecule has 0 aromatic heterocycles. The first kappa shape index (κ1) is 33.1. The van der Waals surface area contributed by atoms with Crippen molar-refractivity contribution in [3.8, 4) is 0 Å². The molecule has 0 aliphatic heterocycles. The molecule has 36 heavy (non-hydrogen) atoms. The van der Waals surface area contributed by atoms with Crippen LogP contribution in [0.5, 0.6) is 0 Å². The number of rotatable bonds is 20. The molecule has 5 amide bonds. The van der Waals surface area contributed by atoms with Gasteiger partial charge in [0.2, 0.25) is 29.5 Å². The first-order valence-corrected chi connectivity index (χ1v) is 13.0. The summed E-state index contributed by atoms with van der Waals surface area (Å²) in [6, 6.07) is -4.73. The SMILES string of the molecule is CSCCC(N)C(=O)NC(CCC(N)=O)C(=O)NC(CCC(N)=O)C(=O)NC(CCCCN)C(=O)O. The monoisotopic (exact) mass is 533 g/mol. The fourth-order valence-corrected chi connectivity index (χ4v) is 3.55. The van der Waals surface area contributed by atoms with E-state index in [1.807, 2.05) is 6.26 Å². The fourth-order valence-electron chi connectivity index (χ4n) is 3.06. The Morgan fingerprint density at radius 1 is 0.750 bits per heavy atom. The Hall–Kier alpha value is -2.91. The number of aliphatic carboxylic acids is 1. The Morgan fingerprint density at radius 2 is 1.22 bits per heavy atom. The molecule has 206 valence electrons. The van der Waals surface area contributed by atoms with E-state index in [0.717, 1.165) is 0 Å². The summed E-state index contributed by atoms with van der Waals surface area (Å²) in [6.45, 7) is 0.358. The van der Waals surface area contributed by atoms with Gasteiger partial charge in [0, 0.05) is 12.8 Å². The van der Waals surface area contributed by atoms with Crippen LogP contribution in [0.1, 0.15) is 51.4 Å². The van der Waals surface area contributed by atoms with E-state index in [4.69, 9.17) is 22.9 Å². The Morgan fingerprint density at radius 3 is 1.64 bits per heavy atom. The summed E-state index contributed by atoms with van der Waals surface area (Å²) >= 11 is 1.49. The van der Waals surface area contributed by atoms with E-state index in [9.17, 15) is 33.9 Å². The molecular weight excluding hydrogens is 494 g/mol. The largest absolute Gasteiger partial charge is 0.480 e. The van der Waals surface area contributed by atoms with Gasteiger partial charge in [0.25, 0.3) is 0 Å². The molecule has 0 fully saturated rings. The summed E-state index contributed by atoms with van der Waals surface area (Å²) in [5, 5.41) is 16.6. The van der Waals surface area contributed by atoms with Crippen molar-refractivity contribution < 1.29 is 33.9 Å². The van der Waals surface area contributed by atoms with E-state index >= 15 is 0 Å². The summed E-state index contributed by atoms with van der Waals surface area (Å²) in [5.41, 5.74) is 21.6. The lowest BCUT2D eigenvalue weighted by atomic mass is 10.0. The number of hydrogen-bond acceptors (Lipinski definition) is 9. The molecule has 0 bridgehead atoms. The minimum absolute atomic E-state index is 0.111. The van der Waals surface area contributed by atoms with Gasteiger partial charge < -0.3 is 44.0 Å². The van der Waals surface area contributed by atoms with E-state index in [2.05, 4.69) is 16.0 Å². The second kappa shape index (κ2) is 18.4. The van der Waals surface area contributed by atoms with Crippen molar-refractivity contribution in [1.29, 1.82) is 0 Å². The number of nitrogens with one attached hydrogen (secondary N) is 3. The van der Waals surface area contributed by atoms with E-state index in [1.165, 1.54) is 11.8 Å². The molecule has 0 aromatic carbocycles. The molecule has 0 radical (unpaired) electrons. The average molecular weight is 534 g/mol. The van der Waals surface area contributed by atoms with Crippen molar-refractivity contribution in [2.75, 3.05) is 18.6 Å². The summed E-state index contributed by atoms with van der Waals surface area (Å²) < 4.78 is 0. The van der Waals surface area contributed by atoms with Gasteiger partial charge in [-0.15, -0.1) is 0 Å². The smallest absolute Gasteiger partial charge is 0.326 e. The fraction of sp³-hybridized carbons (Fsp3) is 0.714. The third-order valence-electron chi connectivity index (χ3n) is 5.16. The predicted octanol–water partition coefficient (Wildman–Crippen LogP) is -2.73. The number of hydrogen-bond donors (Lipinski definition) is 8. The van der Waals surface area contributed by atoms with Crippen molar-refractivity contribution in [2.45, 2.75) is 75.5 Å². The molecule has 0 aromatic rings. The molecule has 4 unspecified atom stereocenters. The summed E-state index contributed by atoms with van der Waals surface area (Å²) in [6.07, 6.45) is 2.42. The zero-order valence-electron chi connectivity index (χ0n) is 20.5. The van der Waals surface area contributed by atoms with Gasteiger partial charge in [-0.05, 0) is 57.1 Å². The number of nitrogens with two attached hydrogens (primary N) is 4. The number of unbranched alkanes of at least 4 members (excludes halogenated alkanes) is 1. The molecule has 0 spiro atoms. The van der Waals surface area contributed by atoms with Crippen LogP contribution in [0.25, 0.3) is 0 Å². The highest BCUT2D eigenvalue weighted by atomic mass is 32.2. The highest BCUT2D eigenvalue weighted by Crippen LogP contribution is 2.07. The maximum absolute atomic E-state index is 13.0. The molecule has 0 heterocycles. The van der Waals surface area contributed by atoms with E-state index in [0.29, 0.717) is 31.6 Å². The average Bonchev–Trinajstić information content (AvgIpc) is 2.81. The molecule has 4 atom stereocenters. The van der Waals surface area contributed by atoms with Crippen LogP contribution < -0.4 is 38.9 Å². The van der Waals surface area contributed by atoms with Crippen molar-refractivity contribution in [1.82, 2.24) is 16.0 Å². The summed E-state index contributed by atoms with van der Waals surface area (Å²) in [4.78, 5) is 72.3. The zero-order chi connectivity index (χ0) is 27.7. The number of primary amides is 2.